The number of aliphatic hydroxyl groups is 1. The van der Waals surface area contributed by atoms with E-state index in [1.54, 1.807) is 18.3 Å². The summed E-state index contributed by atoms with van der Waals surface area (Å²) in [5.41, 5.74) is 3.20. The van der Waals surface area contributed by atoms with Crippen molar-refractivity contribution in [2.75, 3.05) is 0 Å². The normalized spacial score (nSPS) is 10.3. The van der Waals surface area contributed by atoms with Gasteiger partial charge in [0.1, 0.15) is 5.75 Å². The third kappa shape index (κ3) is 2.82. The predicted molar refractivity (Wildman–Crippen MR) is 66.1 cm³/mol. The molecule has 3 nitrogen and oxygen atoms in total. The van der Waals surface area contributed by atoms with Crippen LogP contribution in [0.25, 0.3) is 0 Å². The minimum Gasteiger partial charge on any atom is -0.439 e. The maximum absolute atomic E-state index is 9.03. The Hall–Kier alpha value is -1.87. The van der Waals surface area contributed by atoms with Crippen molar-refractivity contribution in [1.29, 1.82) is 0 Å². The molecule has 0 unspecified atom stereocenters. The van der Waals surface area contributed by atoms with Gasteiger partial charge in [-0.05, 0) is 48.7 Å². The maximum atomic E-state index is 9.03. The summed E-state index contributed by atoms with van der Waals surface area (Å²) in [5.74, 6) is 1.26. The summed E-state index contributed by atoms with van der Waals surface area (Å²) >= 11 is 0. The minimum absolute atomic E-state index is 0.00813. The molecular formula is C14H15NO2. The first kappa shape index (κ1) is 11.6. The SMILES string of the molecule is Cc1ccc(Oc2cc(CO)ccn2)cc1C. The molecule has 17 heavy (non-hydrogen) atoms. The molecule has 3 heteroatoms. The van der Waals surface area contributed by atoms with Crippen molar-refractivity contribution in [2.24, 2.45) is 0 Å². The van der Waals surface area contributed by atoms with Crippen LogP contribution in [0.4, 0.5) is 0 Å². The van der Waals surface area contributed by atoms with Crippen molar-refractivity contribution in [3.63, 3.8) is 0 Å². The van der Waals surface area contributed by atoms with Crippen LogP contribution in [0.5, 0.6) is 11.6 Å². The van der Waals surface area contributed by atoms with Crippen molar-refractivity contribution in [1.82, 2.24) is 4.98 Å². The topological polar surface area (TPSA) is 42.4 Å². The van der Waals surface area contributed by atoms with E-state index in [1.165, 1.54) is 11.1 Å². The van der Waals surface area contributed by atoms with Crippen molar-refractivity contribution in [3.8, 4) is 11.6 Å². The van der Waals surface area contributed by atoms with E-state index in [9.17, 15) is 0 Å². The van der Waals surface area contributed by atoms with Gasteiger partial charge in [0.05, 0.1) is 6.61 Å². The summed E-state index contributed by atoms with van der Waals surface area (Å²) in [6, 6.07) is 9.39. The number of hydrogen-bond acceptors (Lipinski definition) is 3. The average Bonchev–Trinajstić information content (AvgIpc) is 2.34. The predicted octanol–water partition coefficient (Wildman–Crippen LogP) is 2.98. The van der Waals surface area contributed by atoms with Gasteiger partial charge in [0.15, 0.2) is 0 Å². The largest absolute Gasteiger partial charge is 0.439 e. The van der Waals surface area contributed by atoms with Crippen LogP contribution in [0.1, 0.15) is 16.7 Å². The molecule has 0 fully saturated rings. The Morgan fingerprint density at radius 3 is 2.65 bits per heavy atom. The second kappa shape index (κ2) is 4.97. The van der Waals surface area contributed by atoms with Crippen LogP contribution < -0.4 is 4.74 Å². The zero-order valence-electron chi connectivity index (χ0n) is 9.97. The van der Waals surface area contributed by atoms with Gasteiger partial charge in [0, 0.05) is 12.3 Å². The first-order valence-electron chi connectivity index (χ1n) is 5.50. The van der Waals surface area contributed by atoms with Gasteiger partial charge in [-0.3, -0.25) is 0 Å². The van der Waals surface area contributed by atoms with E-state index < -0.39 is 0 Å². The monoisotopic (exact) mass is 229 g/mol. The van der Waals surface area contributed by atoms with E-state index in [2.05, 4.69) is 11.9 Å². The van der Waals surface area contributed by atoms with Crippen molar-refractivity contribution in [2.45, 2.75) is 20.5 Å². The Balaban J connectivity index is 2.22. The summed E-state index contributed by atoms with van der Waals surface area (Å²) in [6.07, 6.45) is 1.63. The molecule has 1 aromatic carbocycles. The van der Waals surface area contributed by atoms with E-state index in [-0.39, 0.29) is 6.61 Å². The van der Waals surface area contributed by atoms with Crippen LogP contribution in [-0.4, -0.2) is 10.1 Å². The highest BCUT2D eigenvalue weighted by Gasteiger charge is 2.01. The van der Waals surface area contributed by atoms with Gasteiger partial charge in [0.25, 0.3) is 0 Å². The molecule has 88 valence electrons. The molecule has 0 aliphatic carbocycles. The second-order valence-corrected chi connectivity index (χ2v) is 4.01. The fraction of sp³-hybridized carbons (Fsp3) is 0.214. The number of pyridine rings is 1. The van der Waals surface area contributed by atoms with Gasteiger partial charge >= 0.3 is 0 Å². The van der Waals surface area contributed by atoms with Crippen molar-refractivity contribution >= 4 is 0 Å². The molecule has 0 aliphatic heterocycles. The first-order chi connectivity index (χ1) is 8.19. The maximum Gasteiger partial charge on any atom is 0.219 e. The van der Waals surface area contributed by atoms with Gasteiger partial charge in [-0.25, -0.2) is 4.98 Å². The summed E-state index contributed by atoms with van der Waals surface area (Å²) < 4.78 is 5.63. The average molecular weight is 229 g/mol. The molecule has 1 N–H and O–H groups in total. The molecule has 0 amide bonds. The minimum atomic E-state index is -0.00813. The summed E-state index contributed by atoms with van der Waals surface area (Å²) in [4.78, 5) is 4.10. The molecule has 0 aliphatic rings. The van der Waals surface area contributed by atoms with Crippen LogP contribution in [0, 0.1) is 13.8 Å². The lowest BCUT2D eigenvalue weighted by molar-refractivity contribution is 0.281. The molecule has 0 atom stereocenters. The zero-order chi connectivity index (χ0) is 12.3. The fourth-order valence-corrected chi connectivity index (χ4v) is 1.50. The summed E-state index contributed by atoms with van der Waals surface area (Å²) in [7, 11) is 0. The van der Waals surface area contributed by atoms with Crippen LogP contribution >= 0.6 is 0 Å². The number of benzene rings is 1. The van der Waals surface area contributed by atoms with Gasteiger partial charge in [0.2, 0.25) is 5.88 Å². The van der Waals surface area contributed by atoms with E-state index in [0.29, 0.717) is 5.88 Å². The Morgan fingerprint density at radius 2 is 1.94 bits per heavy atom. The lowest BCUT2D eigenvalue weighted by Gasteiger charge is -2.07. The Morgan fingerprint density at radius 1 is 1.12 bits per heavy atom. The molecule has 0 spiro atoms. The second-order valence-electron chi connectivity index (χ2n) is 4.01. The Labute approximate surface area is 101 Å². The molecule has 0 bridgehead atoms. The van der Waals surface area contributed by atoms with E-state index in [1.807, 2.05) is 25.1 Å². The molecule has 0 saturated carbocycles. The summed E-state index contributed by atoms with van der Waals surface area (Å²) in [5, 5.41) is 9.03. The number of aromatic nitrogens is 1. The lowest BCUT2D eigenvalue weighted by atomic mass is 10.1. The van der Waals surface area contributed by atoms with E-state index in [0.717, 1.165) is 11.3 Å². The smallest absolute Gasteiger partial charge is 0.219 e. The third-order valence-corrected chi connectivity index (χ3v) is 2.68. The molecule has 2 aromatic rings. The van der Waals surface area contributed by atoms with E-state index >= 15 is 0 Å². The van der Waals surface area contributed by atoms with Crippen molar-refractivity contribution in [3.05, 3.63) is 53.2 Å². The standard InChI is InChI=1S/C14H15NO2/c1-10-3-4-13(7-11(10)2)17-14-8-12(9-16)5-6-15-14/h3-8,16H,9H2,1-2H3. The highest BCUT2D eigenvalue weighted by Crippen LogP contribution is 2.22. The molecule has 1 heterocycles. The van der Waals surface area contributed by atoms with Gasteiger partial charge in [-0.15, -0.1) is 0 Å². The Bertz CT molecular complexity index is 523. The molecule has 2 rings (SSSR count). The highest BCUT2D eigenvalue weighted by molar-refractivity contribution is 5.36. The molecule has 1 aromatic heterocycles. The van der Waals surface area contributed by atoms with Crippen LogP contribution in [0.15, 0.2) is 36.5 Å². The van der Waals surface area contributed by atoms with Gasteiger partial charge < -0.3 is 9.84 Å². The quantitative estimate of drug-likeness (QED) is 0.879. The van der Waals surface area contributed by atoms with Gasteiger partial charge in [-0.1, -0.05) is 6.07 Å². The third-order valence-electron chi connectivity index (χ3n) is 2.68. The fourth-order valence-electron chi connectivity index (χ4n) is 1.50. The molecule has 0 radical (unpaired) electrons. The number of rotatable bonds is 3. The molecular weight excluding hydrogens is 214 g/mol. The van der Waals surface area contributed by atoms with E-state index in [4.69, 9.17) is 9.84 Å². The zero-order valence-corrected chi connectivity index (χ0v) is 9.97. The van der Waals surface area contributed by atoms with Crippen LogP contribution in [0.2, 0.25) is 0 Å². The van der Waals surface area contributed by atoms with Crippen LogP contribution in [-0.2, 0) is 6.61 Å². The number of aliphatic hydroxyl groups excluding tert-OH is 1. The molecule has 0 saturated heterocycles. The number of hydrogen-bond donors (Lipinski definition) is 1. The number of nitrogens with zero attached hydrogens (tertiary/aromatic N) is 1. The Kier molecular flexibility index (Phi) is 3.40. The van der Waals surface area contributed by atoms with Gasteiger partial charge in [-0.2, -0.15) is 0 Å². The van der Waals surface area contributed by atoms with Crippen molar-refractivity contribution < 1.29 is 9.84 Å². The number of aryl methyl sites for hydroxylation is 2. The number of ether oxygens (including phenoxy) is 1. The first-order valence-corrected chi connectivity index (χ1v) is 5.50. The summed E-state index contributed by atoms with van der Waals surface area (Å²) in [6.45, 7) is 4.09. The lowest BCUT2D eigenvalue weighted by Crippen LogP contribution is -1.91. The highest BCUT2D eigenvalue weighted by atomic mass is 16.5. The van der Waals surface area contributed by atoms with Crippen LogP contribution in [0.3, 0.4) is 0 Å².